The molecule has 1 amide bonds. The Hall–Kier alpha value is -3.26. The molecule has 0 bridgehead atoms. The highest BCUT2D eigenvalue weighted by atomic mass is 32.1. The Kier molecular flexibility index (Phi) is 4.33. The second-order valence-corrected chi connectivity index (χ2v) is 7.05. The van der Waals surface area contributed by atoms with Crippen molar-refractivity contribution in [2.45, 2.75) is 20.4 Å². The summed E-state index contributed by atoms with van der Waals surface area (Å²) in [7, 11) is 0. The number of thiophene rings is 1. The van der Waals surface area contributed by atoms with E-state index in [1.807, 2.05) is 49.6 Å². The summed E-state index contributed by atoms with van der Waals surface area (Å²) in [5.74, 6) is -0.299. The van der Waals surface area contributed by atoms with Crippen molar-refractivity contribution in [3.05, 3.63) is 69.8 Å². The van der Waals surface area contributed by atoms with E-state index in [1.165, 1.54) is 22.2 Å². The van der Waals surface area contributed by atoms with E-state index < -0.39 is 0 Å². The standard InChI is InChI=1S/C19H17N5O2S/c1-12-17(13(2)24(22-12)14-6-4-3-5-7-14)21-16(25)10-23-11-20-18-15(19(23)26)8-9-27-18/h3-9,11H,10H2,1-2H3,(H,21,25). The molecule has 4 rings (SSSR count). The van der Waals surface area contributed by atoms with Gasteiger partial charge >= 0.3 is 0 Å². The fourth-order valence-corrected chi connectivity index (χ4v) is 3.71. The second kappa shape index (κ2) is 6.81. The van der Waals surface area contributed by atoms with E-state index in [9.17, 15) is 9.59 Å². The molecule has 1 aromatic carbocycles. The summed E-state index contributed by atoms with van der Waals surface area (Å²) in [6.07, 6.45) is 1.41. The number of para-hydroxylation sites is 1. The number of carbonyl (C=O) groups excluding carboxylic acids is 1. The summed E-state index contributed by atoms with van der Waals surface area (Å²) in [6.45, 7) is 3.63. The zero-order chi connectivity index (χ0) is 19.0. The normalized spacial score (nSPS) is 11.0. The number of anilines is 1. The largest absolute Gasteiger partial charge is 0.321 e. The van der Waals surface area contributed by atoms with Crippen LogP contribution in [-0.2, 0) is 11.3 Å². The summed E-state index contributed by atoms with van der Waals surface area (Å²) >= 11 is 1.40. The molecule has 0 unspecified atom stereocenters. The number of nitrogens with one attached hydrogen (secondary N) is 1. The number of fused-ring (bicyclic) bond motifs is 1. The molecule has 0 aliphatic heterocycles. The number of amides is 1. The van der Waals surface area contributed by atoms with Crippen molar-refractivity contribution in [2.75, 3.05) is 5.32 Å². The maximum absolute atomic E-state index is 12.5. The van der Waals surface area contributed by atoms with Gasteiger partial charge in [-0.1, -0.05) is 18.2 Å². The van der Waals surface area contributed by atoms with Gasteiger partial charge in [-0.05, 0) is 37.4 Å². The lowest BCUT2D eigenvalue weighted by molar-refractivity contribution is -0.116. The van der Waals surface area contributed by atoms with Crippen LogP contribution >= 0.6 is 11.3 Å². The maximum atomic E-state index is 12.5. The first-order valence-electron chi connectivity index (χ1n) is 8.38. The van der Waals surface area contributed by atoms with Crippen LogP contribution in [0.4, 0.5) is 5.69 Å². The van der Waals surface area contributed by atoms with Gasteiger partial charge in [0.05, 0.1) is 34.5 Å². The first kappa shape index (κ1) is 17.2. The van der Waals surface area contributed by atoms with E-state index in [2.05, 4.69) is 15.4 Å². The van der Waals surface area contributed by atoms with Crippen molar-refractivity contribution >= 4 is 33.1 Å². The number of rotatable bonds is 4. The van der Waals surface area contributed by atoms with Crippen LogP contribution in [0.3, 0.4) is 0 Å². The molecule has 0 radical (unpaired) electrons. The topological polar surface area (TPSA) is 81.8 Å². The van der Waals surface area contributed by atoms with Crippen molar-refractivity contribution in [2.24, 2.45) is 0 Å². The van der Waals surface area contributed by atoms with Gasteiger partial charge in [-0.2, -0.15) is 5.10 Å². The molecule has 4 aromatic rings. The smallest absolute Gasteiger partial charge is 0.262 e. The van der Waals surface area contributed by atoms with Crippen LogP contribution in [0.5, 0.6) is 0 Å². The molecule has 7 nitrogen and oxygen atoms in total. The van der Waals surface area contributed by atoms with Crippen LogP contribution in [-0.4, -0.2) is 25.2 Å². The Morgan fingerprint density at radius 1 is 1.19 bits per heavy atom. The highest BCUT2D eigenvalue weighted by Gasteiger charge is 2.16. The minimum atomic E-state index is -0.299. The Bertz CT molecular complexity index is 1190. The molecule has 0 saturated carbocycles. The lowest BCUT2D eigenvalue weighted by atomic mass is 10.3. The van der Waals surface area contributed by atoms with Gasteiger partial charge in [0.2, 0.25) is 5.91 Å². The molecule has 0 aliphatic carbocycles. The Morgan fingerprint density at radius 2 is 1.96 bits per heavy atom. The lowest BCUT2D eigenvalue weighted by Crippen LogP contribution is -2.27. The number of aryl methyl sites for hydroxylation is 1. The molecule has 0 fully saturated rings. The predicted molar refractivity (Wildman–Crippen MR) is 106 cm³/mol. The minimum absolute atomic E-state index is 0.104. The highest BCUT2D eigenvalue weighted by Crippen LogP contribution is 2.22. The molecule has 0 atom stereocenters. The second-order valence-electron chi connectivity index (χ2n) is 6.16. The van der Waals surface area contributed by atoms with Crippen LogP contribution in [0.1, 0.15) is 11.4 Å². The van der Waals surface area contributed by atoms with Crippen molar-refractivity contribution in [1.29, 1.82) is 0 Å². The van der Waals surface area contributed by atoms with E-state index in [1.54, 1.807) is 10.7 Å². The van der Waals surface area contributed by atoms with E-state index >= 15 is 0 Å². The monoisotopic (exact) mass is 379 g/mol. The van der Waals surface area contributed by atoms with Gasteiger partial charge in [0.1, 0.15) is 11.4 Å². The van der Waals surface area contributed by atoms with Crippen LogP contribution in [0.15, 0.2) is 52.9 Å². The third-order valence-corrected chi connectivity index (χ3v) is 5.14. The van der Waals surface area contributed by atoms with Crippen LogP contribution < -0.4 is 10.9 Å². The Morgan fingerprint density at radius 3 is 2.74 bits per heavy atom. The zero-order valence-corrected chi connectivity index (χ0v) is 15.7. The molecule has 0 aliphatic rings. The third kappa shape index (κ3) is 3.15. The van der Waals surface area contributed by atoms with E-state index in [4.69, 9.17) is 0 Å². The summed E-state index contributed by atoms with van der Waals surface area (Å²) in [6, 6.07) is 11.4. The maximum Gasteiger partial charge on any atom is 0.262 e. The molecule has 0 spiro atoms. The fourth-order valence-electron chi connectivity index (χ4n) is 2.98. The molecule has 27 heavy (non-hydrogen) atoms. The summed E-state index contributed by atoms with van der Waals surface area (Å²) in [5, 5.41) is 9.73. The number of carbonyl (C=O) groups is 1. The molecule has 8 heteroatoms. The number of hydrogen-bond acceptors (Lipinski definition) is 5. The predicted octanol–water partition coefficient (Wildman–Crippen LogP) is 2.90. The number of aromatic nitrogens is 4. The van der Waals surface area contributed by atoms with Crippen LogP contribution in [0.2, 0.25) is 0 Å². The fraction of sp³-hybridized carbons (Fsp3) is 0.158. The van der Waals surface area contributed by atoms with Crippen molar-refractivity contribution in [1.82, 2.24) is 19.3 Å². The van der Waals surface area contributed by atoms with Gasteiger partial charge in [0.25, 0.3) is 5.56 Å². The average Bonchev–Trinajstić information content (AvgIpc) is 3.25. The number of benzene rings is 1. The molecule has 3 aromatic heterocycles. The quantitative estimate of drug-likeness (QED) is 0.591. The molecule has 0 saturated heterocycles. The van der Waals surface area contributed by atoms with Gasteiger partial charge < -0.3 is 5.32 Å². The summed E-state index contributed by atoms with van der Waals surface area (Å²) in [5.41, 5.74) is 2.89. The lowest BCUT2D eigenvalue weighted by Gasteiger charge is -2.08. The zero-order valence-electron chi connectivity index (χ0n) is 14.8. The highest BCUT2D eigenvalue weighted by molar-refractivity contribution is 7.16. The van der Waals surface area contributed by atoms with Gasteiger partial charge in [0.15, 0.2) is 0 Å². The van der Waals surface area contributed by atoms with Crippen molar-refractivity contribution in [3.8, 4) is 5.69 Å². The summed E-state index contributed by atoms with van der Waals surface area (Å²) < 4.78 is 3.10. The van der Waals surface area contributed by atoms with Crippen molar-refractivity contribution < 1.29 is 4.79 Å². The molecule has 3 heterocycles. The number of nitrogens with zero attached hydrogens (tertiary/aromatic N) is 4. The average molecular weight is 379 g/mol. The minimum Gasteiger partial charge on any atom is -0.321 e. The summed E-state index contributed by atoms with van der Waals surface area (Å²) in [4.78, 5) is 29.9. The third-order valence-electron chi connectivity index (χ3n) is 4.32. The van der Waals surface area contributed by atoms with Crippen LogP contribution in [0.25, 0.3) is 15.9 Å². The number of hydrogen-bond donors (Lipinski definition) is 1. The van der Waals surface area contributed by atoms with Gasteiger partial charge in [-0.3, -0.25) is 14.2 Å². The molecule has 1 N–H and O–H groups in total. The SMILES string of the molecule is Cc1nn(-c2ccccc2)c(C)c1NC(=O)Cn1cnc2sccc2c1=O. The molecular weight excluding hydrogens is 362 g/mol. The van der Waals surface area contributed by atoms with E-state index in [-0.39, 0.29) is 18.0 Å². The van der Waals surface area contributed by atoms with Gasteiger partial charge in [0, 0.05) is 0 Å². The Labute approximate surface area is 158 Å². The van der Waals surface area contributed by atoms with E-state index in [0.717, 1.165) is 11.4 Å². The first-order valence-corrected chi connectivity index (χ1v) is 9.26. The van der Waals surface area contributed by atoms with E-state index in [0.29, 0.717) is 21.6 Å². The van der Waals surface area contributed by atoms with Crippen molar-refractivity contribution in [3.63, 3.8) is 0 Å². The van der Waals surface area contributed by atoms with Gasteiger partial charge in [-0.15, -0.1) is 11.3 Å². The Balaban J connectivity index is 1.59. The molecule has 136 valence electrons. The molecular formula is C19H17N5O2S. The van der Waals surface area contributed by atoms with Gasteiger partial charge in [-0.25, -0.2) is 9.67 Å². The first-order chi connectivity index (χ1) is 13.0. The van der Waals surface area contributed by atoms with Crippen LogP contribution in [0, 0.1) is 13.8 Å².